The van der Waals surface area contributed by atoms with E-state index < -0.39 is 0 Å². The fraction of sp³-hybridized carbons (Fsp3) is 0.667. The Morgan fingerprint density at radius 1 is 1.10 bits per heavy atom. The SMILES string of the molecule is C1CCNC1.N#CNC#N. The van der Waals surface area contributed by atoms with Crippen LogP contribution in [0.25, 0.3) is 0 Å². The van der Waals surface area contributed by atoms with Gasteiger partial charge in [0.15, 0.2) is 12.4 Å². The van der Waals surface area contributed by atoms with Gasteiger partial charge in [0, 0.05) is 0 Å². The molecule has 0 saturated carbocycles. The zero-order valence-electron chi connectivity index (χ0n) is 5.72. The number of nitrogens with one attached hydrogen (secondary N) is 2. The highest BCUT2D eigenvalue weighted by Gasteiger charge is 1.93. The van der Waals surface area contributed by atoms with Crippen molar-refractivity contribution in [2.24, 2.45) is 0 Å². The van der Waals surface area contributed by atoms with Gasteiger partial charge in [-0.3, -0.25) is 0 Å². The van der Waals surface area contributed by atoms with Crippen LogP contribution >= 0.6 is 0 Å². The maximum absolute atomic E-state index is 7.48. The number of nitrogens with zero attached hydrogens (tertiary/aromatic N) is 2. The minimum atomic E-state index is 1.25. The quantitative estimate of drug-likeness (QED) is 0.362. The lowest BCUT2D eigenvalue weighted by molar-refractivity contribution is 0.857. The fourth-order valence-corrected chi connectivity index (χ4v) is 0.650. The Labute approximate surface area is 60.4 Å². The van der Waals surface area contributed by atoms with E-state index in [1.807, 2.05) is 0 Å². The average Bonchev–Trinajstić information content (AvgIpc) is 2.44. The monoisotopic (exact) mass is 138 g/mol. The summed E-state index contributed by atoms with van der Waals surface area (Å²) in [6, 6.07) is 0. The first-order chi connectivity index (χ1) is 4.91. The van der Waals surface area contributed by atoms with E-state index in [-0.39, 0.29) is 0 Å². The summed E-state index contributed by atoms with van der Waals surface area (Å²) in [7, 11) is 0. The molecular formula is C6H10N4. The molecule has 0 atom stereocenters. The Morgan fingerprint density at radius 2 is 1.60 bits per heavy atom. The van der Waals surface area contributed by atoms with Crippen molar-refractivity contribution >= 4 is 0 Å². The van der Waals surface area contributed by atoms with E-state index in [2.05, 4.69) is 5.32 Å². The Bertz CT molecular complexity index is 117. The lowest BCUT2D eigenvalue weighted by Crippen LogP contribution is -2.03. The van der Waals surface area contributed by atoms with Gasteiger partial charge in [0.25, 0.3) is 0 Å². The van der Waals surface area contributed by atoms with Crippen LogP contribution in [0.2, 0.25) is 0 Å². The molecule has 0 aromatic carbocycles. The van der Waals surface area contributed by atoms with Gasteiger partial charge in [0.1, 0.15) is 0 Å². The van der Waals surface area contributed by atoms with Gasteiger partial charge in [-0.05, 0) is 25.9 Å². The molecule has 1 rings (SSSR count). The first-order valence-corrected chi connectivity index (χ1v) is 3.15. The van der Waals surface area contributed by atoms with Crippen molar-refractivity contribution in [3.05, 3.63) is 0 Å². The molecule has 1 saturated heterocycles. The third kappa shape index (κ3) is 6.74. The maximum Gasteiger partial charge on any atom is 0.190 e. The molecule has 1 heterocycles. The second kappa shape index (κ2) is 7.74. The van der Waals surface area contributed by atoms with Gasteiger partial charge in [-0.25, -0.2) is 5.32 Å². The standard InChI is InChI=1S/C4H9N.C2HN3/c1-2-4-5-3-1;3-1-5-2-4/h5H,1-4H2;5H. The molecule has 1 aliphatic heterocycles. The zero-order valence-corrected chi connectivity index (χ0v) is 5.72. The molecule has 2 N–H and O–H groups in total. The lowest BCUT2D eigenvalue weighted by atomic mass is 10.4. The summed E-state index contributed by atoms with van der Waals surface area (Å²) in [5.74, 6) is 0. The van der Waals surface area contributed by atoms with Crippen molar-refractivity contribution in [3.63, 3.8) is 0 Å². The van der Waals surface area contributed by atoms with Gasteiger partial charge in [0.05, 0.1) is 0 Å². The molecule has 10 heavy (non-hydrogen) atoms. The predicted octanol–water partition coefficient (Wildman–Crippen LogP) is -0.0920. The first-order valence-electron chi connectivity index (χ1n) is 3.15. The zero-order chi connectivity index (χ0) is 7.66. The predicted molar refractivity (Wildman–Crippen MR) is 36.5 cm³/mol. The van der Waals surface area contributed by atoms with Crippen LogP contribution in [0.1, 0.15) is 12.8 Å². The van der Waals surface area contributed by atoms with Gasteiger partial charge in [-0.1, -0.05) is 0 Å². The molecule has 0 aromatic rings. The van der Waals surface area contributed by atoms with Gasteiger partial charge in [0.2, 0.25) is 0 Å². The highest BCUT2D eigenvalue weighted by molar-refractivity contribution is 4.77. The van der Waals surface area contributed by atoms with Crippen molar-refractivity contribution in [2.75, 3.05) is 13.1 Å². The fourth-order valence-electron chi connectivity index (χ4n) is 0.650. The summed E-state index contributed by atoms with van der Waals surface area (Å²) in [5, 5.41) is 19.9. The number of rotatable bonds is 0. The van der Waals surface area contributed by atoms with Crippen LogP contribution in [-0.2, 0) is 0 Å². The molecule has 0 amide bonds. The van der Waals surface area contributed by atoms with Gasteiger partial charge < -0.3 is 5.32 Å². The number of hydrogen-bond donors (Lipinski definition) is 2. The summed E-state index contributed by atoms with van der Waals surface area (Å²) in [6.07, 6.45) is 5.59. The van der Waals surface area contributed by atoms with Crippen molar-refractivity contribution in [1.29, 1.82) is 10.5 Å². The van der Waals surface area contributed by atoms with Crippen molar-refractivity contribution < 1.29 is 0 Å². The molecule has 0 aliphatic carbocycles. The van der Waals surface area contributed by atoms with Crippen LogP contribution in [0.3, 0.4) is 0 Å². The molecule has 4 heteroatoms. The summed E-state index contributed by atoms with van der Waals surface area (Å²) < 4.78 is 0. The van der Waals surface area contributed by atoms with Gasteiger partial charge in [-0.15, -0.1) is 0 Å². The second-order valence-corrected chi connectivity index (χ2v) is 1.81. The lowest BCUT2D eigenvalue weighted by Gasteiger charge is -1.76. The molecular weight excluding hydrogens is 128 g/mol. The Kier molecular flexibility index (Phi) is 6.76. The summed E-state index contributed by atoms with van der Waals surface area (Å²) in [5.41, 5.74) is 0. The molecule has 0 aromatic heterocycles. The van der Waals surface area contributed by atoms with Crippen molar-refractivity contribution in [3.8, 4) is 12.4 Å². The Morgan fingerprint density at radius 3 is 1.70 bits per heavy atom. The molecule has 0 bridgehead atoms. The molecule has 54 valence electrons. The van der Waals surface area contributed by atoms with Gasteiger partial charge in [-0.2, -0.15) is 10.5 Å². The van der Waals surface area contributed by atoms with Crippen molar-refractivity contribution in [1.82, 2.24) is 10.6 Å². The summed E-state index contributed by atoms with van der Waals surface area (Å²) in [4.78, 5) is 0. The minimum Gasteiger partial charge on any atom is -0.317 e. The molecule has 1 aliphatic rings. The van der Waals surface area contributed by atoms with E-state index in [9.17, 15) is 0 Å². The molecule has 4 nitrogen and oxygen atoms in total. The first kappa shape index (κ1) is 8.74. The normalized spacial score (nSPS) is 13.8. The maximum atomic E-state index is 7.48. The third-order valence-electron chi connectivity index (χ3n) is 1.07. The minimum absolute atomic E-state index is 1.25. The third-order valence-corrected chi connectivity index (χ3v) is 1.07. The van der Waals surface area contributed by atoms with E-state index in [1.54, 1.807) is 5.32 Å². The van der Waals surface area contributed by atoms with E-state index in [4.69, 9.17) is 10.5 Å². The highest BCUT2D eigenvalue weighted by atomic mass is 14.9. The van der Waals surface area contributed by atoms with Crippen LogP contribution in [0, 0.1) is 22.9 Å². The van der Waals surface area contributed by atoms with E-state index in [0.717, 1.165) is 0 Å². The smallest absolute Gasteiger partial charge is 0.190 e. The van der Waals surface area contributed by atoms with Crippen LogP contribution in [0.15, 0.2) is 0 Å². The largest absolute Gasteiger partial charge is 0.317 e. The van der Waals surface area contributed by atoms with Crippen LogP contribution < -0.4 is 10.6 Å². The van der Waals surface area contributed by atoms with Crippen LogP contribution in [-0.4, -0.2) is 13.1 Å². The molecule has 0 unspecified atom stereocenters. The Balaban J connectivity index is 0.000000162. The molecule has 1 fully saturated rings. The molecule has 0 radical (unpaired) electrons. The van der Waals surface area contributed by atoms with Crippen molar-refractivity contribution in [2.45, 2.75) is 12.8 Å². The summed E-state index contributed by atoms with van der Waals surface area (Å²) >= 11 is 0. The van der Waals surface area contributed by atoms with E-state index >= 15 is 0 Å². The topological polar surface area (TPSA) is 71.6 Å². The number of nitriles is 2. The summed E-state index contributed by atoms with van der Waals surface area (Å²) in [6.45, 7) is 2.50. The van der Waals surface area contributed by atoms with E-state index in [1.165, 1.54) is 38.3 Å². The number of hydrogen-bond acceptors (Lipinski definition) is 4. The van der Waals surface area contributed by atoms with Gasteiger partial charge >= 0.3 is 0 Å². The molecule has 0 spiro atoms. The van der Waals surface area contributed by atoms with Crippen LogP contribution in [0.4, 0.5) is 0 Å². The Hall–Kier alpha value is -1.26. The van der Waals surface area contributed by atoms with Crippen LogP contribution in [0.5, 0.6) is 0 Å². The van der Waals surface area contributed by atoms with E-state index in [0.29, 0.717) is 0 Å². The second-order valence-electron chi connectivity index (χ2n) is 1.81. The highest BCUT2D eigenvalue weighted by Crippen LogP contribution is 1.90. The average molecular weight is 138 g/mol.